The summed E-state index contributed by atoms with van der Waals surface area (Å²) >= 11 is 13.4. The second-order valence-corrected chi connectivity index (χ2v) is 11.0. The Bertz CT molecular complexity index is 1290. The van der Waals surface area contributed by atoms with Crippen molar-refractivity contribution in [1.29, 1.82) is 0 Å². The number of hydrogen-bond donors (Lipinski definition) is 2. The van der Waals surface area contributed by atoms with Gasteiger partial charge in [0, 0.05) is 45.8 Å². The second kappa shape index (κ2) is 9.56. The molecule has 2 unspecified atom stereocenters. The van der Waals surface area contributed by atoms with Gasteiger partial charge in [0.2, 0.25) is 5.91 Å². The van der Waals surface area contributed by atoms with E-state index in [-0.39, 0.29) is 23.8 Å². The third-order valence-electron chi connectivity index (χ3n) is 7.77. The zero-order valence-corrected chi connectivity index (χ0v) is 21.4. The molecule has 1 aromatic heterocycles. The van der Waals surface area contributed by atoms with E-state index in [1.165, 1.54) is 11.3 Å². The summed E-state index contributed by atoms with van der Waals surface area (Å²) < 4.78 is 0. The Labute approximate surface area is 220 Å². The number of nitrogens with zero attached hydrogens (tertiary/aromatic N) is 2. The molecule has 1 aliphatic heterocycles. The van der Waals surface area contributed by atoms with Crippen LogP contribution >= 0.6 is 23.2 Å². The van der Waals surface area contributed by atoms with Gasteiger partial charge in [-0.15, -0.1) is 0 Å². The molecule has 2 aromatic carbocycles. The molecule has 36 heavy (non-hydrogen) atoms. The van der Waals surface area contributed by atoms with Crippen LogP contribution in [0.1, 0.15) is 52.9 Å². The lowest BCUT2D eigenvalue weighted by Gasteiger charge is -2.31. The van der Waals surface area contributed by atoms with E-state index in [1.807, 2.05) is 42.6 Å². The highest BCUT2D eigenvalue weighted by molar-refractivity contribution is 6.36. The number of nitrogens with one attached hydrogen (secondary N) is 2. The summed E-state index contributed by atoms with van der Waals surface area (Å²) in [7, 11) is 0. The number of aromatic amines is 1. The number of amides is 2. The van der Waals surface area contributed by atoms with Gasteiger partial charge in [0.25, 0.3) is 5.91 Å². The summed E-state index contributed by atoms with van der Waals surface area (Å²) in [4.78, 5) is 27.6. The normalized spacial score (nSPS) is 21.5. The van der Waals surface area contributed by atoms with E-state index in [0.29, 0.717) is 28.1 Å². The van der Waals surface area contributed by atoms with Gasteiger partial charge in [-0.05, 0) is 91.5 Å². The SMILES string of the molecule is O=C(NC1CC1)c1ccc(-c2cc(Cl)c(CC3CCN(C4CCc5[nH]ncc5C4)C3=O)c(Cl)c2)cc1. The minimum Gasteiger partial charge on any atom is -0.349 e. The predicted octanol–water partition coefficient (Wildman–Crippen LogP) is 5.22. The van der Waals surface area contributed by atoms with E-state index < -0.39 is 0 Å². The number of fused-ring (bicyclic) bond motifs is 1. The van der Waals surface area contributed by atoms with Crippen molar-refractivity contribution < 1.29 is 9.59 Å². The molecular formula is C28H28Cl2N4O2. The van der Waals surface area contributed by atoms with Crippen LogP contribution in [0.25, 0.3) is 11.1 Å². The van der Waals surface area contributed by atoms with Crippen LogP contribution in [0, 0.1) is 5.92 Å². The molecule has 3 aromatic rings. The van der Waals surface area contributed by atoms with Crippen molar-refractivity contribution >= 4 is 35.0 Å². The molecule has 8 heteroatoms. The number of rotatable bonds is 6. The van der Waals surface area contributed by atoms with Crippen LogP contribution in [0.3, 0.4) is 0 Å². The van der Waals surface area contributed by atoms with Crippen LogP contribution in [-0.2, 0) is 24.1 Å². The number of carbonyl (C=O) groups is 2. The third-order valence-corrected chi connectivity index (χ3v) is 8.44. The average molecular weight is 523 g/mol. The highest BCUT2D eigenvalue weighted by Crippen LogP contribution is 2.36. The summed E-state index contributed by atoms with van der Waals surface area (Å²) in [6.45, 7) is 0.773. The van der Waals surface area contributed by atoms with Gasteiger partial charge in [-0.25, -0.2) is 0 Å². The van der Waals surface area contributed by atoms with Gasteiger partial charge in [0.1, 0.15) is 0 Å². The molecule has 6 rings (SSSR count). The number of benzene rings is 2. The van der Waals surface area contributed by atoms with Crippen molar-refractivity contribution in [2.75, 3.05) is 6.54 Å². The monoisotopic (exact) mass is 522 g/mol. The van der Waals surface area contributed by atoms with E-state index in [4.69, 9.17) is 23.2 Å². The van der Waals surface area contributed by atoms with Gasteiger partial charge < -0.3 is 10.2 Å². The Balaban J connectivity index is 1.14. The lowest BCUT2D eigenvalue weighted by Crippen LogP contribution is -2.41. The van der Waals surface area contributed by atoms with Crippen LogP contribution in [-0.4, -0.2) is 45.5 Å². The van der Waals surface area contributed by atoms with Crippen LogP contribution in [0.5, 0.6) is 0 Å². The predicted molar refractivity (Wildman–Crippen MR) is 140 cm³/mol. The van der Waals surface area contributed by atoms with Gasteiger partial charge >= 0.3 is 0 Å². The number of aryl methyl sites for hydroxylation is 1. The lowest BCUT2D eigenvalue weighted by molar-refractivity contribution is -0.133. The van der Waals surface area contributed by atoms with Crippen molar-refractivity contribution in [2.45, 2.75) is 57.0 Å². The van der Waals surface area contributed by atoms with E-state index >= 15 is 0 Å². The molecule has 186 valence electrons. The minimum atomic E-state index is -0.110. The Morgan fingerprint density at radius 3 is 2.53 bits per heavy atom. The zero-order valence-electron chi connectivity index (χ0n) is 19.9. The van der Waals surface area contributed by atoms with E-state index in [1.54, 1.807) is 0 Å². The summed E-state index contributed by atoms with van der Waals surface area (Å²) in [5, 5.41) is 11.4. The summed E-state index contributed by atoms with van der Waals surface area (Å²) in [5.41, 5.74) is 5.71. The van der Waals surface area contributed by atoms with Gasteiger partial charge in [0.05, 0.1) is 6.20 Å². The summed E-state index contributed by atoms with van der Waals surface area (Å²) in [5.74, 6) is 0.0493. The van der Waals surface area contributed by atoms with Crippen molar-refractivity contribution in [1.82, 2.24) is 20.4 Å². The van der Waals surface area contributed by atoms with Crippen LogP contribution < -0.4 is 5.32 Å². The molecule has 3 aliphatic rings. The summed E-state index contributed by atoms with van der Waals surface area (Å²) in [6.07, 6.45) is 8.11. The highest BCUT2D eigenvalue weighted by Gasteiger charge is 2.38. The molecule has 2 heterocycles. The van der Waals surface area contributed by atoms with E-state index in [2.05, 4.69) is 20.4 Å². The van der Waals surface area contributed by atoms with Gasteiger partial charge in [0.15, 0.2) is 0 Å². The molecule has 2 amide bonds. The van der Waals surface area contributed by atoms with Crippen molar-refractivity contribution in [3.05, 3.63) is 75.0 Å². The van der Waals surface area contributed by atoms with Gasteiger partial charge in [-0.2, -0.15) is 5.10 Å². The zero-order chi connectivity index (χ0) is 24.8. The maximum absolute atomic E-state index is 13.3. The molecule has 0 bridgehead atoms. The van der Waals surface area contributed by atoms with Crippen LogP contribution in [0.2, 0.25) is 10.0 Å². The average Bonchev–Trinajstić information content (AvgIpc) is 3.43. The van der Waals surface area contributed by atoms with E-state index in [0.717, 1.165) is 61.8 Å². The Morgan fingerprint density at radius 1 is 1.06 bits per heavy atom. The van der Waals surface area contributed by atoms with Gasteiger partial charge in [-0.1, -0.05) is 35.3 Å². The molecule has 1 saturated heterocycles. The molecule has 2 fully saturated rings. The number of halogens is 2. The standard InChI is InChI=1S/C28H28Cl2N4O2/c29-24-13-19(16-1-3-17(4-2-16)27(35)32-21-5-6-21)14-25(30)23(24)12-18-9-10-34(28(18)36)22-7-8-26-20(11-22)15-31-33-26/h1-4,13-15,18,21-22H,5-12H2,(H,31,33)(H,32,35). The highest BCUT2D eigenvalue weighted by atomic mass is 35.5. The Morgan fingerprint density at radius 2 is 1.81 bits per heavy atom. The molecule has 2 atom stereocenters. The van der Waals surface area contributed by atoms with Crippen LogP contribution in [0.15, 0.2) is 42.6 Å². The third kappa shape index (κ3) is 4.64. The van der Waals surface area contributed by atoms with E-state index in [9.17, 15) is 9.59 Å². The number of carbonyl (C=O) groups excluding carboxylic acids is 2. The smallest absolute Gasteiger partial charge is 0.251 e. The summed E-state index contributed by atoms with van der Waals surface area (Å²) in [6, 6.07) is 11.8. The first-order valence-corrected chi connectivity index (χ1v) is 13.4. The number of aromatic nitrogens is 2. The molecule has 1 saturated carbocycles. The fraction of sp³-hybridized carbons (Fsp3) is 0.393. The number of hydrogen-bond acceptors (Lipinski definition) is 3. The molecule has 2 aliphatic carbocycles. The fourth-order valence-electron chi connectivity index (χ4n) is 5.50. The van der Waals surface area contributed by atoms with Crippen molar-refractivity contribution in [3.8, 4) is 11.1 Å². The Kier molecular flexibility index (Phi) is 6.26. The van der Waals surface area contributed by atoms with Gasteiger partial charge in [-0.3, -0.25) is 14.7 Å². The lowest BCUT2D eigenvalue weighted by atomic mass is 9.92. The topological polar surface area (TPSA) is 78.1 Å². The van der Waals surface area contributed by atoms with Crippen molar-refractivity contribution in [2.24, 2.45) is 5.92 Å². The molecule has 0 spiro atoms. The molecule has 0 radical (unpaired) electrons. The first kappa shape index (κ1) is 23.6. The maximum atomic E-state index is 13.3. The fourth-order valence-corrected chi connectivity index (χ4v) is 6.14. The molecular weight excluding hydrogens is 495 g/mol. The first-order chi connectivity index (χ1) is 17.5. The number of H-pyrrole nitrogens is 1. The quantitative estimate of drug-likeness (QED) is 0.465. The minimum absolute atomic E-state index is 0.0378. The molecule has 6 nitrogen and oxygen atoms in total. The first-order valence-electron chi connectivity index (χ1n) is 12.7. The van der Waals surface area contributed by atoms with Crippen molar-refractivity contribution in [3.63, 3.8) is 0 Å². The maximum Gasteiger partial charge on any atom is 0.251 e. The Hall–Kier alpha value is -2.83. The largest absolute Gasteiger partial charge is 0.349 e. The van der Waals surface area contributed by atoms with Crippen LogP contribution in [0.4, 0.5) is 0 Å². The second-order valence-electron chi connectivity index (χ2n) is 10.2. The molecule has 2 N–H and O–H groups in total. The number of likely N-dealkylation sites (tertiary alicyclic amines) is 1.